The molecule has 0 bridgehead atoms. The van der Waals surface area contributed by atoms with Crippen molar-refractivity contribution in [2.24, 2.45) is 0 Å². The van der Waals surface area contributed by atoms with Gasteiger partial charge in [0.05, 0.1) is 22.5 Å². The first kappa shape index (κ1) is 22.4. The van der Waals surface area contributed by atoms with Crippen molar-refractivity contribution in [3.8, 4) is 17.2 Å². The Bertz CT molecular complexity index is 1480. The van der Waals surface area contributed by atoms with Crippen molar-refractivity contribution in [1.82, 2.24) is 15.0 Å². The molecular formula is C26H21F3N4O3. The van der Waals surface area contributed by atoms with E-state index < -0.39 is 11.7 Å². The largest absolute Gasteiger partial charge is 0.489 e. The van der Waals surface area contributed by atoms with Crippen molar-refractivity contribution in [1.29, 1.82) is 0 Å². The molecular weight excluding hydrogens is 473 g/mol. The van der Waals surface area contributed by atoms with Gasteiger partial charge in [-0.3, -0.25) is 0 Å². The second-order valence-corrected chi connectivity index (χ2v) is 8.88. The third kappa shape index (κ3) is 3.73. The topological polar surface area (TPSA) is 89.1 Å². The molecule has 0 amide bonds. The third-order valence-corrected chi connectivity index (χ3v) is 6.69. The van der Waals surface area contributed by atoms with Crippen molar-refractivity contribution in [2.45, 2.75) is 37.0 Å². The Morgan fingerprint density at radius 3 is 2.81 bits per heavy atom. The van der Waals surface area contributed by atoms with Gasteiger partial charge in [-0.1, -0.05) is 0 Å². The van der Waals surface area contributed by atoms with Gasteiger partial charge in [0, 0.05) is 36.7 Å². The minimum absolute atomic E-state index is 0.0334. The van der Waals surface area contributed by atoms with Crippen molar-refractivity contribution < 1.29 is 27.4 Å². The molecule has 3 unspecified atom stereocenters. The normalized spacial score (nSPS) is 19.9. The number of fused-ring (bicyclic) bond motifs is 4. The number of carbonyl (C=O) groups excluding carboxylic acids is 1. The first-order chi connectivity index (χ1) is 17.4. The van der Waals surface area contributed by atoms with Crippen LogP contribution in [-0.2, 0) is 17.4 Å². The van der Waals surface area contributed by atoms with Gasteiger partial charge in [0.2, 0.25) is 0 Å². The Hall–Kier alpha value is -4.08. The summed E-state index contributed by atoms with van der Waals surface area (Å²) in [7, 11) is 1.76. The molecule has 2 aromatic carbocycles. The van der Waals surface area contributed by atoms with E-state index in [-0.39, 0.29) is 17.9 Å². The molecule has 0 saturated heterocycles. The highest BCUT2D eigenvalue weighted by Crippen LogP contribution is 2.63. The van der Waals surface area contributed by atoms with Gasteiger partial charge in [-0.2, -0.15) is 13.2 Å². The summed E-state index contributed by atoms with van der Waals surface area (Å²) in [6.07, 6.45) is -1.20. The van der Waals surface area contributed by atoms with Gasteiger partial charge < -0.3 is 24.6 Å². The molecule has 3 heterocycles. The van der Waals surface area contributed by atoms with Gasteiger partial charge in [0.15, 0.2) is 0 Å². The Balaban J connectivity index is 1.26. The standard InChI is InChI=1S/C26H21F3N4O3/c1-30-24-15(3-2-10-34)20(8-9-31-24)35-14-5-7-19-16(12-14)21-22(23(21)36-19)25-32-17-6-4-13(26(27,28)29)11-18(17)33-25/h4-12,21-23H,2-3H2,1H3,(H,30,31)(H,32,33). The molecule has 184 valence electrons. The third-order valence-electron chi connectivity index (χ3n) is 6.69. The summed E-state index contributed by atoms with van der Waals surface area (Å²) >= 11 is 0. The number of H-pyrrole nitrogens is 1. The number of anilines is 1. The monoisotopic (exact) mass is 494 g/mol. The number of rotatable bonds is 7. The van der Waals surface area contributed by atoms with Crippen LogP contribution in [0.3, 0.4) is 0 Å². The Kier molecular flexibility index (Phi) is 5.13. The van der Waals surface area contributed by atoms with E-state index in [0.29, 0.717) is 47.0 Å². The number of imidazole rings is 1. The number of benzene rings is 2. The number of nitrogens with zero attached hydrogens (tertiary/aromatic N) is 2. The summed E-state index contributed by atoms with van der Waals surface area (Å²) in [5, 5.41) is 3.03. The first-order valence-electron chi connectivity index (χ1n) is 11.5. The summed E-state index contributed by atoms with van der Waals surface area (Å²) in [6.45, 7) is 0. The van der Waals surface area contributed by atoms with Crippen LogP contribution in [0.15, 0.2) is 48.7 Å². The van der Waals surface area contributed by atoms with Crippen LogP contribution in [0.1, 0.15) is 40.8 Å². The van der Waals surface area contributed by atoms with E-state index in [1.807, 2.05) is 18.2 Å². The maximum absolute atomic E-state index is 13.1. The highest BCUT2D eigenvalue weighted by atomic mass is 19.4. The van der Waals surface area contributed by atoms with Gasteiger partial charge in [0.25, 0.3) is 0 Å². The van der Waals surface area contributed by atoms with Gasteiger partial charge in [0.1, 0.15) is 41.3 Å². The number of halogens is 3. The molecule has 6 rings (SSSR count). The van der Waals surface area contributed by atoms with E-state index in [9.17, 15) is 18.0 Å². The fourth-order valence-corrected chi connectivity index (χ4v) is 4.95. The Morgan fingerprint density at radius 2 is 2.03 bits per heavy atom. The fourth-order valence-electron chi connectivity index (χ4n) is 4.95. The lowest BCUT2D eigenvalue weighted by molar-refractivity contribution is -0.137. The van der Waals surface area contributed by atoms with Gasteiger partial charge in [-0.15, -0.1) is 0 Å². The van der Waals surface area contributed by atoms with Crippen molar-refractivity contribution >= 4 is 23.1 Å². The molecule has 7 nitrogen and oxygen atoms in total. The van der Waals surface area contributed by atoms with E-state index in [2.05, 4.69) is 20.3 Å². The highest BCUT2D eigenvalue weighted by Gasteiger charge is 2.61. The number of aldehydes is 1. The highest BCUT2D eigenvalue weighted by molar-refractivity contribution is 5.76. The summed E-state index contributed by atoms with van der Waals surface area (Å²) in [5.41, 5.74) is 1.90. The maximum Gasteiger partial charge on any atom is 0.416 e. The number of hydrogen-bond donors (Lipinski definition) is 2. The lowest BCUT2D eigenvalue weighted by atomic mass is 10.1. The van der Waals surface area contributed by atoms with Gasteiger partial charge >= 0.3 is 6.18 Å². The molecule has 2 N–H and O–H groups in total. The van der Waals surface area contributed by atoms with E-state index in [0.717, 1.165) is 35.3 Å². The van der Waals surface area contributed by atoms with Crippen LogP contribution in [-0.4, -0.2) is 34.4 Å². The summed E-state index contributed by atoms with van der Waals surface area (Å²) in [6, 6.07) is 10.9. The second kappa shape index (κ2) is 8.25. The predicted molar refractivity (Wildman–Crippen MR) is 126 cm³/mol. The second-order valence-electron chi connectivity index (χ2n) is 8.88. The van der Waals surface area contributed by atoms with Crippen LogP contribution in [0, 0.1) is 0 Å². The van der Waals surface area contributed by atoms with E-state index in [1.54, 1.807) is 19.3 Å². The van der Waals surface area contributed by atoms with Crippen molar-refractivity contribution in [2.75, 3.05) is 12.4 Å². The molecule has 4 aromatic rings. The zero-order valence-electron chi connectivity index (χ0n) is 19.1. The van der Waals surface area contributed by atoms with Crippen molar-refractivity contribution in [3.05, 3.63) is 71.2 Å². The zero-order valence-corrected chi connectivity index (χ0v) is 19.1. The Labute approximate surface area is 203 Å². The molecule has 0 spiro atoms. The van der Waals surface area contributed by atoms with Gasteiger partial charge in [-0.05, 0) is 48.9 Å². The molecule has 1 saturated carbocycles. The van der Waals surface area contributed by atoms with Crippen LogP contribution in [0.25, 0.3) is 11.0 Å². The first-order valence-corrected chi connectivity index (χ1v) is 11.5. The number of hydrogen-bond acceptors (Lipinski definition) is 6. The zero-order chi connectivity index (χ0) is 25.0. The number of aromatic amines is 1. The van der Waals surface area contributed by atoms with Crippen LogP contribution in [0.2, 0.25) is 0 Å². The summed E-state index contributed by atoms with van der Waals surface area (Å²) < 4.78 is 51.5. The molecule has 2 aromatic heterocycles. The molecule has 3 atom stereocenters. The molecule has 36 heavy (non-hydrogen) atoms. The number of nitrogens with one attached hydrogen (secondary N) is 2. The average Bonchev–Trinajstić information content (AvgIpc) is 3.20. The smallest absolute Gasteiger partial charge is 0.416 e. The van der Waals surface area contributed by atoms with Gasteiger partial charge in [-0.25, -0.2) is 9.97 Å². The lowest BCUT2D eigenvalue weighted by Gasteiger charge is -2.15. The summed E-state index contributed by atoms with van der Waals surface area (Å²) in [5.74, 6) is 3.21. The van der Waals surface area contributed by atoms with Crippen LogP contribution < -0.4 is 14.8 Å². The molecule has 1 fully saturated rings. The van der Waals surface area contributed by atoms with Crippen molar-refractivity contribution in [3.63, 3.8) is 0 Å². The number of pyridine rings is 1. The van der Waals surface area contributed by atoms with E-state index >= 15 is 0 Å². The Morgan fingerprint density at radius 1 is 1.17 bits per heavy atom. The average molecular weight is 494 g/mol. The minimum atomic E-state index is -4.41. The quantitative estimate of drug-likeness (QED) is 0.326. The number of alkyl halides is 3. The van der Waals surface area contributed by atoms with E-state index in [1.165, 1.54) is 6.07 Å². The van der Waals surface area contributed by atoms with E-state index in [4.69, 9.17) is 9.47 Å². The number of aromatic nitrogens is 3. The maximum atomic E-state index is 13.1. The minimum Gasteiger partial charge on any atom is -0.489 e. The van der Waals surface area contributed by atoms with Crippen LogP contribution in [0.5, 0.6) is 17.2 Å². The van der Waals surface area contributed by atoms with Crippen LogP contribution >= 0.6 is 0 Å². The molecule has 0 radical (unpaired) electrons. The predicted octanol–water partition coefficient (Wildman–Crippen LogP) is 5.58. The molecule has 1 aliphatic heterocycles. The lowest BCUT2D eigenvalue weighted by Crippen LogP contribution is -2.04. The SMILES string of the molecule is CNc1nccc(Oc2ccc3c(c2)C2C(O3)C2c2nc3ccc(C(F)(F)F)cc3[nH]2)c1CCC=O. The molecule has 1 aliphatic carbocycles. The van der Waals surface area contributed by atoms with Crippen LogP contribution in [0.4, 0.5) is 19.0 Å². The molecule has 10 heteroatoms. The molecule has 2 aliphatic rings. The number of carbonyl (C=O) groups is 1. The number of ether oxygens (including phenoxy) is 2. The fraction of sp³-hybridized carbons (Fsp3) is 0.269. The summed E-state index contributed by atoms with van der Waals surface area (Å²) in [4.78, 5) is 22.8.